The van der Waals surface area contributed by atoms with E-state index in [1.807, 2.05) is 6.92 Å². The number of nitrogens with zero attached hydrogens (tertiary/aromatic N) is 3. The predicted octanol–water partition coefficient (Wildman–Crippen LogP) is 4.39. The number of hydrogen-bond acceptors (Lipinski definition) is 5. The van der Waals surface area contributed by atoms with E-state index < -0.39 is 17.7 Å². The Balaban J connectivity index is 2.12. The molecular formula is C18H17F3N4O2. The normalized spacial score (nSPS) is 11.6. The predicted molar refractivity (Wildman–Crippen MR) is 93.9 cm³/mol. The van der Waals surface area contributed by atoms with Gasteiger partial charge in [0.05, 0.1) is 29.4 Å². The van der Waals surface area contributed by atoms with Gasteiger partial charge in [-0.2, -0.15) is 18.3 Å². The average molecular weight is 378 g/mol. The van der Waals surface area contributed by atoms with Crippen LogP contribution in [0.4, 0.5) is 24.5 Å². The Hall–Kier alpha value is -3.10. The molecule has 0 atom stereocenters. The average Bonchev–Trinajstić information content (AvgIpc) is 3.05. The summed E-state index contributed by atoms with van der Waals surface area (Å²) in [5, 5.41) is 7.63. The van der Waals surface area contributed by atoms with Crippen molar-refractivity contribution in [1.29, 1.82) is 0 Å². The lowest BCUT2D eigenvalue weighted by Gasteiger charge is -2.14. The van der Waals surface area contributed by atoms with E-state index in [2.05, 4.69) is 15.4 Å². The Labute approximate surface area is 153 Å². The molecule has 0 spiro atoms. The van der Waals surface area contributed by atoms with E-state index in [0.717, 1.165) is 12.1 Å². The number of aromatic nitrogens is 3. The van der Waals surface area contributed by atoms with Crippen LogP contribution in [0.1, 0.15) is 29.8 Å². The highest BCUT2D eigenvalue weighted by molar-refractivity contribution is 6.05. The minimum absolute atomic E-state index is 0.123. The summed E-state index contributed by atoms with van der Waals surface area (Å²) in [5.41, 5.74) is 0.335. The van der Waals surface area contributed by atoms with E-state index in [1.54, 1.807) is 11.6 Å². The molecule has 0 radical (unpaired) electrons. The number of aryl methyl sites for hydroxylation is 1. The number of anilines is 2. The van der Waals surface area contributed by atoms with Gasteiger partial charge in [0.25, 0.3) is 0 Å². The quantitative estimate of drug-likeness (QED) is 0.667. The van der Waals surface area contributed by atoms with Crippen molar-refractivity contribution in [3.63, 3.8) is 0 Å². The third-order valence-electron chi connectivity index (χ3n) is 3.92. The summed E-state index contributed by atoms with van der Waals surface area (Å²) >= 11 is 0. The number of carbonyl (C=O) groups is 1. The lowest BCUT2D eigenvalue weighted by molar-refractivity contribution is -0.137. The summed E-state index contributed by atoms with van der Waals surface area (Å²) in [7, 11) is 0. The molecule has 6 nitrogen and oxygen atoms in total. The second kappa shape index (κ2) is 7.26. The van der Waals surface area contributed by atoms with Crippen molar-refractivity contribution in [3.05, 3.63) is 47.8 Å². The molecule has 2 aromatic heterocycles. The lowest BCUT2D eigenvalue weighted by Crippen LogP contribution is -2.10. The first kappa shape index (κ1) is 18.7. The molecule has 27 heavy (non-hydrogen) atoms. The van der Waals surface area contributed by atoms with Crippen molar-refractivity contribution >= 4 is 28.4 Å². The molecule has 0 saturated heterocycles. The van der Waals surface area contributed by atoms with E-state index in [-0.39, 0.29) is 17.9 Å². The fourth-order valence-corrected chi connectivity index (χ4v) is 2.67. The van der Waals surface area contributed by atoms with E-state index in [9.17, 15) is 18.0 Å². The Morgan fingerprint density at radius 3 is 2.70 bits per heavy atom. The lowest BCUT2D eigenvalue weighted by atomic mass is 10.1. The first-order valence-corrected chi connectivity index (χ1v) is 8.31. The highest BCUT2D eigenvalue weighted by Crippen LogP contribution is 2.34. The van der Waals surface area contributed by atoms with Gasteiger partial charge in [-0.3, -0.25) is 0 Å². The van der Waals surface area contributed by atoms with Crippen molar-refractivity contribution in [2.24, 2.45) is 0 Å². The second-order valence-corrected chi connectivity index (χ2v) is 5.67. The van der Waals surface area contributed by atoms with E-state index in [4.69, 9.17) is 4.74 Å². The molecule has 0 aliphatic rings. The molecule has 3 rings (SSSR count). The van der Waals surface area contributed by atoms with Crippen LogP contribution in [0.2, 0.25) is 0 Å². The first-order chi connectivity index (χ1) is 12.8. The summed E-state index contributed by atoms with van der Waals surface area (Å²) in [4.78, 5) is 16.5. The Morgan fingerprint density at radius 1 is 1.26 bits per heavy atom. The number of benzene rings is 1. The van der Waals surface area contributed by atoms with Gasteiger partial charge in [-0.05, 0) is 32.0 Å². The number of ether oxygens (including phenoxy) is 1. The summed E-state index contributed by atoms with van der Waals surface area (Å²) in [5.74, 6) is -0.620. The van der Waals surface area contributed by atoms with Gasteiger partial charge in [-0.25, -0.2) is 14.5 Å². The van der Waals surface area contributed by atoms with Crippen LogP contribution in [0.3, 0.4) is 0 Å². The number of carbonyl (C=O) groups excluding carboxylic acids is 1. The molecule has 1 N–H and O–H groups in total. The minimum Gasteiger partial charge on any atom is -0.462 e. The number of pyridine rings is 1. The molecule has 1 aromatic carbocycles. The van der Waals surface area contributed by atoms with Gasteiger partial charge in [0, 0.05) is 18.4 Å². The molecule has 0 unspecified atom stereocenters. The van der Waals surface area contributed by atoms with Gasteiger partial charge in [0.15, 0.2) is 5.65 Å². The number of esters is 1. The van der Waals surface area contributed by atoms with Crippen LogP contribution in [0.5, 0.6) is 0 Å². The number of hydrogen-bond donors (Lipinski definition) is 1. The van der Waals surface area contributed by atoms with Crippen LogP contribution in [0.15, 0.2) is 36.7 Å². The van der Waals surface area contributed by atoms with Crippen LogP contribution in [-0.4, -0.2) is 27.3 Å². The number of nitrogens with one attached hydrogen (secondary N) is 1. The number of rotatable bonds is 5. The van der Waals surface area contributed by atoms with Gasteiger partial charge in [0.2, 0.25) is 0 Å². The molecular weight excluding hydrogens is 361 g/mol. The maximum absolute atomic E-state index is 13.0. The Kier molecular flexibility index (Phi) is 5.02. The SMILES string of the molecule is CCOC(=O)c1cnc2c(cnn2CC)c1Nc1cccc(C(F)(F)F)c1. The maximum Gasteiger partial charge on any atom is 0.416 e. The van der Waals surface area contributed by atoms with Crippen molar-refractivity contribution in [2.75, 3.05) is 11.9 Å². The van der Waals surface area contributed by atoms with E-state index in [0.29, 0.717) is 23.3 Å². The smallest absolute Gasteiger partial charge is 0.416 e. The van der Waals surface area contributed by atoms with Crippen LogP contribution in [0, 0.1) is 0 Å². The maximum atomic E-state index is 13.0. The van der Waals surface area contributed by atoms with Gasteiger partial charge < -0.3 is 10.1 Å². The van der Waals surface area contributed by atoms with E-state index in [1.165, 1.54) is 24.5 Å². The molecule has 0 aliphatic heterocycles. The number of alkyl halides is 3. The van der Waals surface area contributed by atoms with Crippen molar-refractivity contribution < 1.29 is 22.7 Å². The zero-order chi connectivity index (χ0) is 19.6. The van der Waals surface area contributed by atoms with E-state index >= 15 is 0 Å². The van der Waals surface area contributed by atoms with Gasteiger partial charge in [-0.1, -0.05) is 6.07 Å². The second-order valence-electron chi connectivity index (χ2n) is 5.67. The van der Waals surface area contributed by atoms with Gasteiger partial charge >= 0.3 is 12.1 Å². The van der Waals surface area contributed by atoms with Crippen molar-refractivity contribution in [1.82, 2.24) is 14.8 Å². The van der Waals surface area contributed by atoms with Gasteiger partial charge in [0.1, 0.15) is 5.56 Å². The molecule has 0 bridgehead atoms. The third kappa shape index (κ3) is 3.71. The topological polar surface area (TPSA) is 69.0 Å². The molecule has 0 amide bonds. The third-order valence-corrected chi connectivity index (χ3v) is 3.92. The molecule has 142 valence electrons. The molecule has 9 heteroatoms. The zero-order valence-electron chi connectivity index (χ0n) is 14.7. The van der Waals surface area contributed by atoms with Crippen LogP contribution in [0.25, 0.3) is 11.0 Å². The summed E-state index contributed by atoms with van der Waals surface area (Å²) < 4.78 is 45.6. The Morgan fingerprint density at radius 2 is 2.04 bits per heavy atom. The largest absolute Gasteiger partial charge is 0.462 e. The number of fused-ring (bicyclic) bond motifs is 1. The zero-order valence-corrected chi connectivity index (χ0v) is 14.7. The molecule has 0 aliphatic carbocycles. The van der Waals surface area contributed by atoms with Crippen LogP contribution in [-0.2, 0) is 17.5 Å². The summed E-state index contributed by atoms with van der Waals surface area (Å²) in [6.07, 6.45) is -1.61. The highest BCUT2D eigenvalue weighted by Gasteiger charge is 2.30. The van der Waals surface area contributed by atoms with Crippen LogP contribution >= 0.6 is 0 Å². The fraction of sp³-hybridized carbons (Fsp3) is 0.278. The first-order valence-electron chi connectivity index (χ1n) is 8.31. The Bertz CT molecular complexity index is 982. The molecule has 0 fully saturated rings. The number of halogens is 3. The molecule has 3 aromatic rings. The fourth-order valence-electron chi connectivity index (χ4n) is 2.67. The van der Waals surface area contributed by atoms with Crippen molar-refractivity contribution in [3.8, 4) is 0 Å². The standard InChI is InChI=1S/C18H17F3N4O2/c1-3-25-16-13(10-23-25)15(14(9-22-16)17(26)27-4-2)24-12-7-5-6-11(8-12)18(19,20)21/h5-10H,3-4H2,1-2H3,(H,22,24). The summed E-state index contributed by atoms with van der Waals surface area (Å²) in [6.45, 7) is 4.26. The highest BCUT2D eigenvalue weighted by atomic mass is 19.4. The van der Waals surface area contributed by atoms with Crippen LogP contribution < -0.4 is 5.32 Å². The van der Waals surface area contributed by atoms with Crippen molar-refractivity contribution in [2.45, 2.75) is 26.6 Å². The molecule has 2 heterocycles. The van der Waals surface area contributed by atoms with Gasteiger partial charge in [-0.15, -0.1) is 0 Å². The monoisotopic (exact) mass is 378 g/mol. The summed E-state index contributed by atoms with van der Waals surface area (Å²) in [6, 6.07) is 4.74. The minimum atomic E-state index is -4.47. The molecule has 0 saturated carbocycles.